The molecule has 0 N–H and O–H groups in total. The molecule has 0 saturated heterocycles. The van der Waals surface area contributed by atoms with E-state index in [1.807, 2.05) is 0 Å². The molecule has 0 amide bonds. The average molecular weight is 150 g/mol. The standard InChI is InChI=1S/C10H16N/c1-3-5-10-6-8-11(9-10)7-4-2/h6,8H,3-5,7H2,1-2H3. The molecule has 0 aliphatic heterocycles. The average Bonchev–Trinajstić information content (AvgIpc) is 2.38. The summed E-state index contributed by atoms with van der Waals surface area (Å²) < 4.78 is 2.14. The van der Waals surface area contributed by atoms with Crippen LogP contribution in [-0.4, -0.2) is 4.57 Å². The summed E-state index contributed by atoms with van der Waals surface area (Å²) in [5.41, 5.74) is 1.35. The number of hydrogen-bond acceptors (Lipinski definition) is 0. The largest absolute Gasteiger partial charge is 0.346 e. The molecule has 0 spiro atoms. The van der Waals surface area contributed by atoms with Crippen molar-refractivity contribution in [2.75, 3.05) is 0 Å². The van der Waals surface area contributed by atoms with E-state index in [9.17, 15) is 0 Å². The molecule has 0 aromatic carbocycles. The molecule has 0 unspecified atom stereocenters. The lowest BCUT2D eigenvalue weighted by Gasteiger charge is -1.95. The lowest BCUT2D eigenvalue weighted by molar-refractivity contribution is 0.676. The van der Waals surface area contributed by atoms with Crippen molar-refractivity contribution < 1.29 is 0 Å². The van der Waals surface area contributed by atoms with Crippen molar-refractivity contribution in [2.24, 2.45) is 0 Å². The fourth-order valence-electron chi connectivity index (χ4n) is 1.22. The van der Waals surface area contributed by atoms with E-state index < -0.39 is 0 Å². The summed E-state index contributed by atoms with van der Waals surface area (Å²) in [5, 5.41) is 0. The summed E-state index contributed by atoms with van der Waals surface area (Å²) in [6.07, 6.45) is 9.02. The van der Waals surface area contributed by atoms with E-state index >= 15 is 0 Å². The molecule has 1 radical (unpaired) electrons. The summed E-state index contributed by atoms with van der Waals surface area (Å²) in [6.45, 7) is 5.49. The quantitative estimate of drug-likeness (QED) is 0.622. The second-order valence-corrected chi connectivity index (χ2v) is 2.90. The number of hydrogen-bond donors (Lipinski definition) is 0. The third-order valence-corrected chi connectivity index (χ3v) is 1.73. The van der Waals surface area contributed by atoms with Gasteiger partial charge in [0, 0.05) is 12.7 Å². The van der Waals surface area contributed by atoms with Crippen LogP contribution in [0.3, 0.4) is 0 Å². The molecule has 0 bridgehead atoms. The zero-order chi connectivity index (χ0) is 8.10. The van der Waals surface area contributed by atoms with Gasteiger partial charge in [0.15, 0.2) is 0 Å². The summed E-state index contributed by atoms with van der Waals surface area (Å²) in [6, 6.07) is 2.17. The molecule has 1 aromatic rings. The maximum Gasteiger partial charge on any atom is 0.0683 e. The Bertz CT molecular complexity index is 180. The minimum absolute atomic E-state index is 1.10. The first kappa shape index (κ1) is 8.38. The Morgan fingerprint density at radius 1 is 1.36 bits per heavy atom. The van der Waals surface area contributed by atoms with Crippen LogP contribution in [-0.2, 0) is 13.0 Å². The minimum atomic E-state index is 1.10. The van der Waals surface area contributed by atoms with E-state index in [1.165, 1.54) is 18.4 Å². The molecule has 61 valence electrons. The molecule has 0 saturated carbocycles. The zero-order valence-corrected chi connectivity index (χ0v) is 7.43. The van der Waals surface area contributed by atoms with Crippen LogP contribution in [0.15, 0.2) is 12.3 Å². The van der Waals surface area contributed by atoms with Gasteiger partial charge < -0.3 is 4.57 Å². The van der Waals surface area contributed by atoms with Gasteiger partial charge in [-0.3, -0.25) is 0 Å². The normalized spacial score (nSPS) is 10.4. The maximum atomic E-state index is 3.33. The summed E-state index contributed by atoms with van der Waals surface area (Å²) >= 11 is 0. The van der Waals surface area contributed by atoms with Gasteiger partial charge in [0.05, 0.1) is 6.20 Å². The van der Waals surface area contributed by atoms with Gasteiger partial charge in [-0.1, -0.05) is 20.3 Å². The lowest BCUT2D eigenvalue weighted by atomic mass is 10.2. The van der Waals surface area contributed by atoms with E-state index in [0.717, 1.165) is 13.0 Å². The number of nitrogens with zero attached hydrogens (tertiary/aromatic N) is 1. The molecule has 0 fully saturated rings. The van der Waals surface area contributed by atoms with Crippen LogP contribution >= 0.6 is 0 Å². The topological polar surface area (TPSA) is 4.93 Å². The van der Waals surface area contributed by atoms with Crippen LogP contribution in [0.25, 0.3) is 0 Å². The van der Waals surface area contributed by atoms with Crippen LogP contribution in [0.1, 0.15) is 32.3 Å². The van der Waals surface area contributed by atoms with Crippen LogP contribution in [0.2, 0.25) is 0 Å². The Kier molecular flexibility index (Phi) is 3.21. The SMILES string of the molecule is CCCc1[c]n(CCC)cc1. The molecule has 0 atom stereocenters. The zero-order valence-electron chi connectivity index (χ0n) is 7.43. The Labute approximate surface area is 69.0 Å². The lowest BCUT2D eigenvalue weighted by Crippen LogP contribution is -1.92. The molecule has 1 heteroatoms. The van der Waals surface area contributed by atoms with Crippen molar-refractivity contribution >= 4 is 0 Å². The summed E-state index contributed by atoms with van der Waals surface area (Å²) in [7, 11) is 0. The van der Waals surface area contributed by atoms with E-state index in [1.54, 1.807) is 0 Å². The Hall–Kier alpha value is -0.720. The second kappa shape index (κ2) is 4.22. The molecule has 0 aliphatic rings. The molecule has 1 rings (SSSR count). The van der Waals surface area contributed by atoms with Gasteiger partial charge >= 0.3 is 0 Å². The predicted octanol–water partition coefficient (Wildman–Crippen LogP) is 2.65. The molecule has 1 aromatic heterocycles. The smallest absolute Gasteiger partial charge is 0.0683 e. The van der Waals surface area contributed by atoms with E-state index in [2.05, 4.69) is 36.9 Å². The third-order valence-electron chi connectivity index (χ3n) is 1.73. The fraction of sp³-hybridized carbons (Fsp3) is 0.600. The van der Waals surface area contributed by atoms with Crippen molar-refractivity contribution in [3.63, 3.8) is 0 Å². The first-order valence-corrected chi connectivity index (χ1v) is 4.44. The van der Waals surface area contributed by atoms with Crippen molar-refractivity contribution in [1.82, 2.24) is 4.57 Å². The molecule has 1 heterocycles. The molecule has 0 aliphatic carbocycles. The minimum Gasteiger partial charge on any atom is -0.346 e. The van der Waals surface area contributed by atoms with Gasteiger partial charge in [-0.2, -0.15) is 0 Å². The Balaban J connectivity index is 2.51. The molecule has 1 nitrogen and oxygen atoms in total. The first-order chi connectivity index (χ1) is 5.36. The molecule has 11 heavy (non-hydrogen) atoms. The van der Waals surface area contributed by atoms with Gasteiger partial charge in [-0.05, 0) is 24.5 Å². The maximum absolute atomic E-state index is 3.33. The second-order valence-electron chi connectivity index (χ2n) is 2.90. The predicted molar refractivity (Wildman–Crippen MR) is 47.6 cm³/mol. The summed E-state index contributed by atoms with van der Waals surface area (Å²) in [5.74, 6) is 0. The van der Waals surface area contributed by atoms with Gasteiger partial charge in [-0.25, -0.2) is 0 Å². The van der Waals surface area contributed by atoms with Crippen LogP contribution in [0.5, 0.6) is 0 Å². The van der Waals surface area contributed by atoms with Crippen molar-refractivity contribution in [1.29, 1.82) is 0 Å². The highest BCUT2D eigenvalue weighted by Crippen LogP contribution is 2.03. The van der Waals surface area contributed by atoms with Gasteiger partial charge in [0.1, 0.15) is 0 Å². The van der Waals surface area contributed by atoms with E-state index in [0.29, 0.717) is 0 Å². The monoisotopic (exact) mass is 150 g/mol. The number of aryl methyl sites for hydroxylation is 2. The van der Waals surface area contributed by atoms with Crippen molar-refractivity contribution in [3.05, 3.63) is 24.0 Å². The summed E-state index contributed by atoms with van der Waals surface area (Å²) in [4.78, 5) is 0. The third kappa shape index (κ3) is 2.41. The van der Waals surface area contributed by atoms with Crippen molar-refractivity contribution in [2.45, 2.75) is 39.7 Å². The molecular weight excluding hydrogens is 134 g/mol. The van der Waals surface area contributed by atoms with Gasteiger partial charge in [0.2, 0.25) is 0 Å². The van der Waals surface area contributed by atoms with E-state index in [-0.39, 0.29) is 0 Å². The molecular formula is C10H16N. The van der Waals surface area contributed by atoms with Gasteiger partial charge in [0.25, 0.3) is 0 Å². The van der Waals surface area contributed by atoms with Crippen LogP contribution in [0.4, 0.5) is 0 Å². The number of aromatic nitrogens is 1. The highest BCUT2D eigenvalue weighted by atomic mass is 14.9. The van der Waals surface area contributed by atoms with Gasteiger partial charge in [-0.15, -0.1) is 0 Å². The van der Waals surface area contributed by atoms with Crippen LogP contribution < -0.4 is 0 Å². The Morgan fingerprint density at radius 2 is 2.18 bits per heavy atom. The number of rotatable bonds is 4. The van der Waals surface area contributed by atoms with E-state index in [4.69, 9.17) is 0 Å². The van der Waals surface area contributed by atoms with Crippen molar-refractivity contribution in [3.8, 4) is 0 Å². The fourth-order valence-corrected chi connectivity index (χ4v) is 1.22. The highest BCUT2D eigenvalue weighted by molar-refractivity contribution is 5.08. The highest BCUT2D eigenvalue weighted by Gasteiger charge is 1.94. The first-order valence-electron chi connectivity index (χ1n) is 4.44. The Morgan fingerprint density at radius 3 is 2.82 bits per heavy atom. The van der Waals surface area contributed by atoms with Crippen LogP contribution in [0, 0.1) is 6.20 Å².